The number of ether oxygens (including phenoxy) is 3. The van der Waals surface area contributed by atoms with Gasteiger partial charge in [-0.2, -0.15) is 0 Å². The smallest absolute Gasteiger partial charge is 0.293 e. The zero-order chi connectivity index (χ0) is 20.8. The van der Waals surface area contributed by atoms with Crippen LogP contribution in [-0.4, -0.2) is 42.9 Å². The molecule has 0 atom stereocenters. The first-order valence-corrected chi connectivity index (χ1v) is 10.6. The molecule has 2 amide bonds. The minimum absolute atomic E-state index is 0.185. The van der Waals surface area contributed by atoms with E-state index in [2.05, 4.69) is 15.9 Å². The molecule has 1 aliphatic rings. The minimum atomic E-state index is -0.336. The molecule has 3 rings (SSSR count). The number of nitrogens with zero attached hydrogens (tertiary/aromatic N) is 1. The molecule has 0 saturated carbocycles. The largest absolute Gasteiger partial charge is 0.493 e. The molecule has 0 unspecified atom stereocenters. The Morgan fingerprint density at radius 2 is 1.86 bits per heavy atom. The van der Waals surface area contributed by atoms with E-state index in [1.54, 1.807) is 25.3 Å². The van der Waals surface area contributed by atoms with Gasteiger partial charge in [-0.15, -0.1) is 0 Å². The fraction of sp³-hybridized carbons (Fsp3) is 0.238. The Morgan fingerprint density at radius 1 is 1.10 bits per heavy atom. The molecule has 2 aromatic carbocycles. The summed E-state index contributed by atoms with van der Waals surface area (Å²) in [4.78, 5) is 26.5. The van der Waals surface area contributed by atoms with Gasteiger partial charge >= 0.3 is 0 Å². The lowest BCUT2D eigenvalue weighted by molar-refractivity contribution is -0.123. The number of rotatable bonds is 8. The van der Waals surface area contributed by atoms with Crippen LogP contribution >= 0.6 is 27.7 Å². The number of thioether (sulfide) groups is 1. The highest BCUT2D eigenvalue weighted by Crippen LogP contribution is 2.38. The van der Waals surface area contributed by atoms with Crippen LogP contribution in [0.2, 0.25) is 0 Å². The molecule has 0 N–H and O–H groups in total. The van der Waals surface area contributed by atoms with Crippen molar-refractivity contribution >= 4 is 44.9 Å². The lowest BCUT2D eigenvalue weighted by Crippen LogP contribution is -2.32. The van der Waals surface area contributed by atoms with Gasteiger partial charge < -0.3 is 14.2 Å². The third-order valence-electron chi connectivity index (χ3n) is 4.07. The Hall–Kier alpha value is -2.45. The lowest BCUT2D eigenvalue weighted by Gasteiger charge is -2.13. The number of imide groups is 1. The van der Waals surface area contributed by atoms with Gasteiger partial charge in [0.2, 0.25) is 0 Å². The highest BCUT2D eigenvalue weighted by molar-refractivity contribution is 9.10. The second-order valence-electron chi connectivity index (χ2n) is 5.95. The summed E-state index contributed by atoms with van der Waals surface area (Å²) < 4.78 is 17.2. The number of carbonyl (C=O) groups is 2. The minimum Gasteiger partial charge on any atom is -0.493 e. The van der Waals surface area contributed by atoms with Crippen molar-refractivity contribution in [3.63, 3.8) is 0 Å². The van der Waals surface area contributed by atoms with Crippen LogP contribution in [0.1, 0.15) is 12.5 Å². The van der Waals surface area contributed by atoms with Crippen molar-refractivity contribution in [2.24, 2.45) is 0 Å². The number of hydrogen-bond donors (Lipinski definition) is 0. The van der Waals surface area contributed by atoms with Crippen molar-refractivity contribution in [2.45, 2.75) is 6.92 Å². The van der Waals surface area contributed by atoms with Crippen LogP contribution < -0.4 is 14.2 Å². The van der Waals surface area contributed by atoms with Crippen molar-refractivity contribution in [1.29, 1.82) is 0 Å². The molecule has 152 valence electrons. The van der Waals surface area contributed by atoms with Gasteiger partial charge in [-0.05, 0) is 54.6 Å². The first-order valence-electron chi connectivity index (χ1n) is 8.97. The molecule has 2 aromatic rings. The van der Waals surface area contributed by atoms with Crippen molar-refractivity contribution in [3.8, 4) is 17.2 Å². The third-order valence-corrected chi connectivity index (χ3v) is 5.66. The van der Waals surface area contributed by atoms with Gasteiger partial charge in [-0.25, -0.2) is 0 Å². The predicted molar refractivity (Wildman–Crippen MR) is 116 cm³/mol. The molecule has 0 aromatic heterocycles. The summed E-state index contributed by atoms with van der Waals surface area (Å²) >= 11 is 4.39. The second-order valence-corrected chi connectivity index (χ2v) is 7.80. The fourth-order valence-corrected chi connectivity index (χ4v) is 3.99. The molecule has 1 heterocycles. The van der Waals surface area contributed by atoms with Crippen LogP contribution in [0.3, 0.4) is 0 Å². The van der Waals surface area contributed by atoms with Crippen molar-refractivity contribution in [1.82, 2.24) is 4.90 Å². The van der Waals surface area contributed by atoms with E-state index in [4.69, 9.17) is 14.2 Å². The highest BCUT2D eigenvalue weighted by atomic mass is 79.9. The maximum absolute atomic E-state index is 12.7. The SMILES string of the molecule is CCOc1cc(/C=C2\SC(=O)N(CCOc3ccccc3)C2=O)c(Br)cc1OC. The molecule has 1 aliphatic heterocycles. The van der Waals surface area contributed by atoms with Crippen LogP contribution in [0.15, 0.2) is 51.8 Å². The molecule has 0 spiro atoms. The Morgan fingerprint density at radius 3 is 2.55 bits per heavy atom. The summed E-state index contributed by atoms with van der Waals surface area (Å²) in [5.74, 6) is 1.51. The first-order chi connectivity index (χ1) is 14.0. The van der Waals surface area contributed by atoms with Gasteiger partial charge in [0, 0.05) is 4.47 Å². The normalized spacial score (nSPS) is 15.1. The summed E-state index contributed by atoms with van der Waals surface area (Å²) in [6.45, 7) is 2.78. The van der Waals surface area contributed by atoms with Crippen LogP contribution in [0.25, 0.3) is 6.08 Å². The summed E-state index contributed by atoms with van der Waals surface area (Å²) in [7, 11) is 1.56. The number of hydrogen-bond acceptors (Lipinski definition) is 6. The molecule has 29 heavy (non-hydrogen) atoms. The summed E-state index contributed by atoms with van der Waals surface area (Å²) in [5, 5.41) is -0.312. The zero-order valence-electron chi connectivity index (χ0n) is 16.0. The average Bonchev–Trinajstić information content (AvgIpc) is 2.98. The number of benzene rings is 2. The van der Waals surface area contributed by atoms with Gasteiger partial charge in [-0.1, -0.05) is 34.1 Å². The van der Waals surface area contributed by atoms with Crippen LogP contribution in [0, 0.1) is 0 Å². The second kappa shape index (κ2) is 9.84. The van der Waals surface area contributed by atoms with Crippen molar-refractivity contribution in [2.75, 3.05) is 26.9 Å². The number of methoxy groups -OCH3 is 1. The molecular formula is C21H20BrNO5S. The highest BCUT2D eigenvalue weighted by Gasteiger charge is 2.35. The molecule has 0 aliphatic carbocycles. The van der Waals surface area contributed by atoms with Crippen LogP contribution in [0.4, 0.5) is 4.79 Å². The molecule has 6 nitrogen and oxygen atoms in total. The van der Waals surface area contributed by atoms with Gasteiger partial charge in [0.15, 0.2) is 11.5 Å². The number of carbonyl (C=O) groups excluding carboxylic acids is 2. The molecular weight excluding hydrogens is 458 g/mol. The summed E-state index contributed by atoms with van der Waals surface area (Å²) in [6.07, 6.45) is 1.68. The van der Waals surface area contributed by atoms with E-state index in [1.807, 2.05) is 37.3 Å². The Bertz CT molecular complexity index is 932. The molecule has 0 bridgehead atoms. The van der Waals surface area contributed by atoms with Gasteiger partial charge in [0.1, 0.15) is 12.4 Å². The predicted octanol–water partition coefficient (Wildman–Crippen LogP) is 4.97. The molecule has 1 fully saturated rings. The maximum atomic E-state index is 12.7. The Kier molecular flexibility index (Phi) is 7.22. The maximum Gasteiger partial charge on any atom is 0.293 e. The quantitative estimate of drug-likeness (QED) is 0.500. The van der Waals surface area contributed by atoms with E-state index in [-0.39, 0.29) is 24.3 Å². The topological polar surface area (TPSA) is 65.1 Å². The monoisotopic (exact) mass is 477 g/mol. The number of para-hydroxylation sites is 1. The van der Waals surface area contributed by atoms with E-state index in [0.29, 0.717) is 28.8 Å². The summed E-state index contributed by atoms with van der Waals surface area (Å²) in [5.41, 5.74) is 0.722. The number of amides is 2. The first kappa shape index (κ1) is 21.3. The van der Waals surface area contributed by atoms with Crippen molar-refractivity contribution in [3.05, 3.63) is 57.4 Å². The van der Waals surface area contributed by atoms with Gasteiger partial charge in [0.25, 0.3) is 11.1 Å². The molecule has 1 saturated heterocycles. The fourth-order valence-electron chi connectivity index (χ4n) is 2.69. The van der Waals surface area contributed by atoms with Crippen LogP contribution in [-0.2, 0) is 4.79 Å². The van der Waals surface area contributed by atoms with Crippen molar-refractivity contribution < 1.29 is 23.8 Å². The van der Waals surface area contributed by atoms with E-state index in [1.165, 1.54) is 4.90 Å². The Labute approximate surface area is 181 Å². The van der Waals surface area contributed by atoms with Crippen LogP contribution in [0.5, 0.6) is 17.2 Å². The van der Waals surface area contributed by atoms with Gasteiger partial charge in [0.05, 0.1) is 25.2 Å². The van der Waals surface area contributed by atoms with E-state index >= 15 is 0 Å². The Balaban J connectivity index is 1.73. The van der Waals surface area contributed by atoms with E-state index < -0.39 is 0 Å². The zero-order valence-corrected chi connectivity index (χ0v) is 18.4. The van der Waals surface area contributed by atoms with E-state index in [0.717, 1.165) is 21.8 Å². The molecule has 8 heteroatoms. The summed E-state index contributed by atoms with van der Waals surface area (Å²) in [6, 6.07) is 12.8. The standard InChI is InChI=1S/C21H20BrNO5S/c1-3-27-18-11-14(16(22)13-17(18)26-2)12-19-20(24)23(21(25)29-19)9-10-28-15-7-5-4-6-8-15/h4-8,11-13H,3,9-10H2,1-2H3/b19-12-. The van der Waals surface area contributed by atoms with E-state index in [9.17, 15) is 9.59 Å². The lowest BCUT2D eigenvalue weighted by atomic mass is 10.2. The number of halogens is 1. The third kappa shape index (κ3) is 5.13. The van der Waals surface area contributed by atoms with Gasteiger partial charge in [-0.3, -0.25) is 14.5 Å². The molecule has 0 radical (unpaired) electrons. The average molecular weight is 478 g/mol.